The zero-order valence-corrected chi connectivity index (χ0v) is 13.6. The Kier molecular flexibility index (Phi) is 4.49. The summed E-state index contributed by atoms with van der Waals surface area (Å²) in [7, 11) is 0. The fourth-order valence-electron chi connectivity index (χ4n) is 1.79. The Hall–Kier alpha value is -2.52. The van der Waals surface area contributed by atoms with E-state index in [1.165, 1.54) is 40.0 Å². The molecule has 1 aromatic carbocycles. The maximum absolute atomic E-state index is 12.3. The molecule has 3 rings (SSSR count). The van der Waals surface area contributed by atoms with Crippen LogP contribution in [-0.4, -0.2) is 32.1 Å². The van der Waals surface area contributed by atoms with E-state index < -0.39 is 11.3 Å². The summed E-state index contributed by atoms with van der Waals surface area (Å²) in [5, 5.41) is 14.7. The minimum absolute atomic E-state index is 0.197. The second kappa shape index (κ2) is 6.71. The van der Waals surface area contributed by atoms with Gasteiger partial charge in [-0.2, -0.15) is 5.10 Å². The van der Waals surface area contributed by atoms with Gasteiger partial charge in [0.25, 0.3) is 5.91 Å². The third-order valence-electron chi connectivity index (χ3n) is 2.85. The molecule has 0 fully saturated rings. The van der Waals surface area contributed by atoms with E-state index in [9.17, 15) is 9.59 Å². The van der Waals surface area contributed by atoms with Crippen molar-refractivity contribution in [3.05, 3.63) is 58.5 Å². The van der Waals surface area contributed by atoms with E-state index in [1.54, 1.807) is 0 Å². The van der Waals surface area contributed by atoms with E-state index in [1.807, 2.05) is 36.6 Å². The monoisotopic (exact) mass is 345 g/mol. The maximum Gasteiger partial charge on any atom is 0.282 e. The maximum atomic E-state index is 12.3. The molecule has 23 heavy (non-hydrogen) atoms. The molecular formula is C14H11N5O2S2. The number of nitrogens with zero attached hydrogens (tertiary/aromatic N) is 4. The number of carbonyl (C=O) groups is 1. The Morgan fingerprint density at radius 2 is 2.00 bits per heavy atom. The molecule has 0 spiro atoms. The van der Waals surface area contributed by atoms with Crippen LogP contribution in [0.3, 0.4) is 0 Å². The van der Waals surface area contributed by atoms with Gasteiger partial charge >= 0.3 is 0 Å². The molecule has 1 amide bonds. The van der Waals surface area contributed by atoms with Crippen molar-refractivity contribution in [2.45, 2.75) is 4.34 Å². The van der Waals surface area contributed by atoms with E-state index in [2.05, 4.69) is 20.6 Å². The zero-order chi connectivity index (χ0) is 16.2. The highest BCUT2D eigenvalue weighted by atomic mass is 32.2. The SMILES string of the molecule is CSc1nnc(NC(=O)c2nn(-c3ccccc3)ccc2=O)s1. The molecule has 0 saturated heterocycles. The van der Waals surface area contributed by atoms with Gasteiger partial charge in [0, 0.05) is 12.3 Å². The Morgan fingerprint density at radius 1 is 1.22 bits per heavy atom. The highest BCUT2D eigenvalue weighted by Crippen LogP contribution is 2.23. The van der Waals surface area contributed by atoms with E-state index in [0.29, 0.717) is 5.13 Å². The van der Waals surface area contributed by atoms with E-state index in [4.69, 9.17) is 0 Å². The molecule has 0 saturated carbocycles. The van der Waals surface area contributed by atoms with Crippen LogP contribution in [0.2, 0.25) is 0 Å². The smallest absolute Gasteiger partial charge is 0.282 e. The first kappa shape index (κ1) is 15.4. The van der Waals surface area contributed by atoms with Crippen LogP contribution in [0.15, 0.2) is 51.7 Å². The molecule has 0 radical (unpaired) electrons. The normalized spacial score (nSPS) is 10.5. The number of carbonyl (C=O) groups excluding carboxylic acids is 1. The first-order valence-electron chi connectivity index (χ1n) is 6.51. The van der Waals surface area contributed by atoms with Gasteiger partial charge in [0.05, 0.1) is 5.69 Å². The lowest BCUT2D eigenvalue weighted by Crippen LogP contribution is -2.25. The van der Waals surface area contributed by atoms with Crippen molar-refractivity contribution in [2.75, 3.05) is 11.6 Å². The molecule has 0 atom stereocenters. The highest BCUT2D eigenvalue weighted by Gasteiger charge is 2.15. The third-order valence-corrected chi connectivity index (χ3v) is 4.66. The van der Waals surface area contributed by atoms with Crippen molar-refractivity contribution in [1.29, 1.82) is 0 Å². The largest absolute Gasteiger partial charge is 0.295 e. The molecule has 116 valence electrons. The Labute approximate surface area is 139 Å². The lowest BCUT2D eigenvalue weighted by molar-refractivity contribution is 0.101. The topological polar surface area (TPSA) is 89.8 Å². The number of hydrogen-bond acceptors (Lipinski definition) is 7. The van der Waals surface area contributed by atoms with Crippen molar-refractivity contribution < 1.29 is 4.79 Å². The summed E-state index contributed by atoms with van der Waals surface area (Å²) in [6.45, 7) is 0. The van der Waals surface area contributed by atoms with Gasteiger partial charge in [-0.25, -0.2) is 4.68 Å². The predicted octanol–water partition coefficient (Wildman–Crippen LogP) is 2.06. The number of anilines is 1. The van der Waals surface area contributed by atoms with Crippen LogP contribution in [0.5, 0.6) is 0 Å². The summed E-state index contributed by atoms with van der Waals surface area (Å²) in [5.41, 5.74) is 0.101. The molecule has 0 aliphatic rings. The number of aromatic nitrogens is 4. The summed E-state index contributed by atoms with van der Waals surface area (Å²) in [5.74, 6) is -0.607. The Bertz CT molecular complexity index is 891. The second-order valence-corrected chi connectivity index (χ2v) is 6.37. The molecular weight excluding hydrogens is 334 g/mol. The van der Waals surface area contributed by atoms with Gasteiger partial charge in [0.15, 0.2) is 10.0 Å². The number of nitrogens with one attached hydrogen (secondary N) is 1. The average molecular weight is 345 g/mol. The first-order chi connectivity index (χ1) is 11.2. The van der Waals surface area contributed by atoms with Crippen LogP contribution in [-0.2, 0) is 0 Å². The van der Waals surface area contributed by atoms with Crippen LogP contribution < -0.4 is 10.7 Å². The van der Waals surface area contributed by atoms with Gasteiger partial charge in [0.2, 0.25) is 10.6 Å². The van der Waals surface area contributed by atoms with Crippen molar-refractivity contribution in [1.82, 2.24) is 20.0 Å². The summed E-state index contributed by atoms with van der Waals surface area (Å²) in [4.78, 5) is 24.2. The van der Waals surface area contributed by atoms with Crippen LogP contribution in [0, 0.1) is 0 Å². The summed E-state index contributed by atoms with van der Waals surface area (Å²) >= 11 is 2.66. The minimum Gasteiger partial charge on any atom is -0.295 e. The molecule has 0 aliphatic heterocycles. The first-order valence-corrected chi connectivity index (χ1v) is 8.56. The van der Waals surface area contributed by atoms with E-state index in [-0.39, 0.29) is 5.69 Å². The van der Waals surface area contributed by atoms with Crippen LogP contribution in [0.4, 0.5) is 5.13 Å². The second-order valence-electron chi connectivity index (χ2n) is 4.34. The van der Waals surface area contributed by atoms with Crippen molar-refractivity contribution in [2.24, 2.45) is 0 Å². The number of para-hydroxylation sites is 1. The van der Waals surface area contributed by atoms with Crippen molar-refractivity contribution in [3.8, 4) is 5.69 Å². The lowest BCUT2D eigenvalue weighted by Gasteiger charge is -2.06. The predicted molar refractivity (Wildman–Crippen MR) is 89.5 cm³/mol. The molecule has 1 N–H and O–H groups in total. The number of hydrogen-bond donors (Lipinski definition) is 1. The summed E-state index contributed by atoms with van der Waals surface area (Å²) in [6.07, 6.45) is 3.38. The third kappa shape index (κ3) is 3.46. The van der Waals surface area contributed by atoms with E-state index in [0.717, 1.165) is 10.0 Å². The van der Waals surface area contributed by atoms with Gasteiger partial charge in [0.1, 0.15) is 0 Å². The van der Waals surface area contributed by atoms with Crippen molar-refractivity contribution >= 4 is 34.1 Å². The standard InChI is InChI=1S/C14H11N5O2S2/c1-22-14-17-16-13(23-14)15-12(21)11-10(20)7-8-19(18-11)9-5-3-2-4-6-9/h2-8H,1H3,(H,15,16,21). The number of thioether (sulfide) groups is 1. The van der Waals surface area contributed by atoms with Gasteiger partial charge < -0.3 is 0 Å². The molecule has 7 nitrogen and oxygen atoms in total. The minimum atomic E-state index is -0.607. The molecule has 2 aromatic heterocycles. The Morgan fingerprint density at radius 3 is 2.70 bits per heavy atom. The van der Waals surface area contributed by atoms with Gasteiger partial charge in [-0.3, -0.25) is 14.9 Å². The molecule has 0 unspecified atom stereocenters. The zero-order valence-electron chi connectivity index (χ0n) is 12.0. The van der Waals surface area contributed by atoms with E-state index >= 15 is 0 Å². The van der Waals surface area contributed by atoms with Crippen molar-refractivity contribution in [3.63, 3.8) is 0 Å². The molecule has 2 heterocycles. The number of amides is 1. The van der Waals surface area contributed by atoms with Crippen LogP contribution >= 0.6 is 23.1 Å². The molecule has 0 aliphatic carbocycles. The highest BCUT2D eigenvalue weighted by molar-refractivity contribution is 8.00. The average Bonchev–Trinajstić information content (AvgIpc) is 3.03. The number of rotatable bonds is 4. The van der Waals surface area contributed by atoms with Crippen LogP contribution in [0.25, 0.3) is 5.69 Å². The summed E-state index contributed by atoms with van der Waals surface area (Å²) in [6, 6.07) is 10.5. The van der Waals surface area contributed by atoms with Gasteiger partial charge in [-0.05, 0) is 18.4 Å². The fourth-order valence-corrected chi connectivity index (χ4v) is 2.95. The molecule has 9 heteroatoms. The molecule has 0 bridgehead atoms. The van der Waals surface area contributed by atoms with Gasteiger partial charge in [-0.1, -0.05) is 41.3 Å². The molecule has 3 aromatic rings. The quantitative estimate of drug-likeness (QED) is 0.575. The van der Waals surface area contributed by atoms with Gasteiger partial charge in [-0.15, -0.1) is 10.2 Å². The fraction of sp³-hybridized carbons (Fsp3) is 0.0714. The Balaban J connectivity index is 1.89. The lowest BCUT2D eigenvalue weighted by atomic mass is 10.3. The van der Waals surface area contributed by atoms with Crippen LogP contribution in [0.1, 0.15) is 10.5 Å². The summed E-state index contributed by atoms with van der Waals surface area (Å²) < 4.78 is 2.20. The number of benzene rings is 1.